The number of hydrogen-bond acceptors (Lipinski definition) is 4. The number of esters is 1. The van der Waals surface area contributed by atoms with Crippen LogP contribution in [0.2, 0.25) is 0 Å². The summed E-state index contributed by atoms with van der Waals surface area (Å²) < 4.78 is 11.3. The van der Waals surface area contributed by atoms with Gasteiger partial charge in [-0.3, -0.25) is 0 Å². The van der Waals surface area contributed by atoms with Gasteiger partial charge < -0.3 is 20.1 Å². The highest BCUT2D eigenvalue weighted by atomic mass is 16.5. The molecule has 1 heterocycles. The van der Waals surface area contributed by atoms with E-state index in [1.165, 1.54) is 0 Å². The maximum Gasteiger partial charge on any atom is 0.338 e. The van der Waals surface area contributed by atoms with Crippen molar-refractivity contribution in [3.8, 4) is 5.75 Å². The Hall–Kier alpha value is -2.50. The second kappa shape index (κ2) is 8.46. The lowest BCUT2D eigenvalue weighted by Crippen LogP contribution is -2.46. The normalized spacial score (nSPS) is 18.4. The molecule has 6 nitrogen and oxygen atoms in total. The topological polar surface area (TPSA) is 76.7 Å². The Kier molecular flexibility index (Phi) is 6.52. The minimum atomic E-state index is -0.571. The maximum absolute atomic E-state index is 12.9. The van der Waals surface area contributed by atoms with Gasteiger partial charge >= 0.3 is 12.0 Å². The molecule has 0 fully saturated rings. The summed E-state index contributed by atoms with van der Waals surface area (Å²) in [6.45, 7) is 12.3. The van der Waals surface area contributed by atoms with Crippen LogP contribution in [-0.2, 0) is 9.53 Å². The number of ether oxygens (including phenoxy) is 2. The average Bonchev–Trinajstić information content (AvgIpc) is 2.58. The van der Waals surface area contributed by atoms with Crippen molar-refractivity contribution in [1.29, 1.82) is 0 Å². The van der Waals surface area contributed by atoms with Crippen molar-refractivity contribution in [2.45, 2.75) is 60.1 Å². The molecule has 1 aliphatic heterocycles. The van der Waals surface area contributed by atoms with Gasteiger partial charge in [0.1, 0.15) is 11.9 Å². The van der Waals surface area contributed by atoms with Gasteiger partial charge in [0.2, 0.25) is 0 Å². The van der Waals surface area contributed by atoms with Crippen molar-refractivity contribution in [3.05, 3.63) is 41.1 Å². The number of benzene rings is 1. The Bertz CT molecular complexity index is 717. The largest absolute Gasteiger partial charge is 0.494 e. The second-order valence-corrected chi connectivity index (χ2v) is 7.90. The zero-order chi connectivity index (χ0) is 20.2. The van der Waals surface area contributed by atoms with Gasteiger partial charge in [-0.15, -0.1) is 0 Å². The average molecular weight is 374 g/mol. The monoisotopic (exact) mass is 374 g/mol. The third-order valence-corrected chi connectivity index (χ3v) is 4.68. The van der Waals surface area contributed by atoms with Crippen LogP contribution in [0.15, 0.2) is 35.5 Å². The van der Waals surface area contributed by atoms with Gasteiger partial charge in [-0.05, 0) is 43.4 Å². The lowest BCUT2D eigenvalue weighted by molar-refractivity contribution is -0.149. The summed E-state index contributed by atoms with van der Waals surface area (Å²) in [5, 5.41) is 5.48. The first kappa shape index (κ1) is 20.8. The van der Waals surface area contributed by atoms with E-state index < -0.39 is 12.0 Å². The van der Waals surface area contributed by atoms with E-state index in [1.807, 2.05) is 58.9 Å². The molecule has 1 aromatic carbocycles. The maximum atomic E-state index is 12.9. The molecule has 2 N–H and O–H groups in total. The van der Waals surface area contributed by atoms with Gasteiger partial charge in [-0.1, -0.05) is 39.8 Å². The molecule has 2 atom stereocenters. The molecule has 0 bridgehead atoms. The molecule has 148 valence electrons. The van der Waals surface area contributed by atoms with Crippen molar-refractivity contribution in [3.63, 3.8) is 0 Å². The van der Waals surface area contributed by atoms with Crippen molar-refractivity contribution in [1.82, 2.24) is 10.6 Å². The zero-order valence-electron chi connectivity index (χ0n) is 17.0. The first-order chi connectivity index (χ1) is 12.6. The van der Waals surface area contributed by atoms with Crippen LogP contribution in [-0.4, -0.2) is 24.7 Å². The van der Waals surface area contributed by atoms with Crippen molar-refractivity contribution >= 4 is 12.0 Å². The molecule has 2 amide bonds. The molecule has 0 radical (unpaired) electrons. The second-order valence-electron chi connectivity index (χ2n) is 7.90. The quantitative estimate of drug-likeness (QED) is 0.736. The highest BCUT2D eigenvalue weighted by molar-refractivity contribution is 5.95. The fourth-order valence-electron chi connectivity index (χ4n) is 2.59. The first-order valence-corrected chi connectivity index (χ1v) is 9.35. The van der Waals surface area contributed by atoms with E-state index in [4.69, 9.17) is 9.47 Å². The van der Waals surface area contributed by atoms with Gasteiger partial charge in [0.05, 0.1) is 18.2 Å². The summed E-state index contributed by atoms with van der Waals surface area (Å²) in [7, 11) is 0. The van der Waals surface area contributed by atoms with E-state index in [0.717, 1.165) is 17.7 Å². The Labute approximate surface area is 161 Å². The third kappa shape index (κ3) is 5.25. The summed E-state index contributed by atoms with van der Waals surface area (Å²) in [6, 6.07) is 6.48. The number of rotatable bonds is 6. The molecule has 0 saturated heterocycles. The predicted molar refractivity (Wildman–Crippen MR) is 104 cm³/mol. The molecule has 0 aromatic heterocycles. The first-order valence-electron chi connectivity index (χ1n) is 9.35. The van der Waals surface area contributed by atoms with Crippen LogP contribution in [0.25, 0.3) is 0 Å². The molecule has 0 unspecified atom stereocenters. The molecule has 2 rings (SSSR count). The minimum Gasteiger partial charge on any atom is -0.494 e. The van der Waals surface area contributed by atoms with Crippen molar-refractivity contribution < 1.29 is 19.1 Å². The highest BCUT2D eigenvalue weighted by Crippen LogP contribution is 2.31. The number of urea groups is 1. The molecule has 0 aliphatic carbocycles. The van der Waals surface area contributed by atoms with Gasteiger partial charge in [-0.2, -0.15) is 0 Å². The summed E-state index contributed by atoms with van der Waals surface area (Å²) >= 11 is 0. The predicted octanol–water partition coefficient (Wildman–Crippen LogP) is 4.08. The van der Waals surface area contributed by atoms with Gasteiger partial charge in [-0.25, -0.2) is 9.59 Å². The van der Waals surface area contributed by atoms with Gasteiger partial charge in [0, 0.05) is 5.70 Å². The van der Waals surface area contributed by atoms with Crippen LogP contribution < -0.4 is 15.4 Å². The number of nitrogens with one attached hydrogen (secondary N) is 2. The molecular weight excluding hydrogens is 344 g/mol. The molecule has 27 heavy (non-hydrogen) atoms. The Morgan fingerprint density at radius 1 is 1.22 bits per heavy atom. The van der Waals surface area contributed by atoms with E-state index in [2.05, 4.69) is 10.6 Å². The zero-order valence-corrected chi connectivity index (χ0v) is 17.0. The molecule has 0 spiro atoms. The van der Waals surface area contributed by atoms with Crippen LogP contribution >= 0.6 is 0 Å². The number of carbonyl (C=O) groups excluding carboxylic acids is 2. The highest BCUT2D eigenvalue weighted by Gasteiger charge is 2.34. The standard InChI is InChI=1S/C21H30N2O4/c1-7-12-26-16-10-8-15(9-11-16)18-17(13(2)22-20(25)23-18)19(24)27-14(3)21(4,5)6/h8-11,14,18H,7,12H2,1-6H3,(H2,22,23,25)/t14-,18-/m1/s1. The smallest absolute Gasteiger partial charge is 0.338 e. The molecule has 1 aliphatic rings. The molecule has 1 aromatic rings. The summed E-state index contributed by atoms with van der Waals surface area (Å²) in [5.74, 6) is 0.325. The third-order valence-electron chi connectivity index (χ3n) is 4.68. The molecular formula is C21H30N2O4. The Morgan fingerprint density at radius 2 is 1.85 bits per heavy atom. The lowest BCUT2D eigenvalue weighted by Gasteiger charge is -2.31. The van der Waals surface area contributed by atoms with E-state index in [0.29, 0.717) is 17.9 Å². The number of amides is 2. The van der Waals surface area contributed by atoms with Gasteiger partial charge in [0.25, 0.3) is 0 Å². The number of carbonyl (C=O) groups is 2. The van der Waals surface area contributed by atoms with Crippen LogP contribution in [0.3, 0.4) is 0 Å². The lowest BCUT2D eigenvalue weighted by atomic mass is 9.90. The van der Waals surface area contributed by atoms with Crippen LogP contribution in [0.4, 0.5) is 4.79 Å². The summed E-state index contributed by atoms with van der Waals surface area (Å²) in [5.41, 5.74) is 1.53. The van der Waals surface area contributed by atoms with Gasteiger partial charge in [0.15, 0.2) is 0 Å². The summed E-state index contributed by atoms with van der Waals surface area (Å²) in [6.07, 6.45) is 0.657. The Balaban J connectivity index is 2.28. The van der Waals surface area contributed by atoms with E-state index in [1.54, 1.807) is 6.92 Å². The van der Waals surface area contributed by atoms with Crippen molar-refractivity contribution in [2.75, 3.05) is 6.61 Å². The SMILES string of the molecule is CCCOc1ccc([C@H]2NC(=O)NC(C)=C2C(=O)O[C@H](C)C(C)(C)C)cc1. The Morgan fingerprint density at radius 3 is 2.41 bits per heavy atom. The van der Waals surface area contributed by atoms with Crippen LogP contribution in [0.1, 0.15) is 59.6 Å². The fourth-order valence-corrected chi connectivity index (χ4v) is 2.59. The minimum absolute atomic E-state index is 0.177. The van der Waals surface area contributed by atoms with E-state index in [-0.39, 0.29) is 17.6 Å². The summed E-state index contributed by atoms with van der Waals surface area (Å²) in [4.78, 5) is 24.9. The fraction of sp³-hybridized carbons (Fsp3) is 0.524. The number of allylic oxidation sites excluding steroid dienone is 1. The molecule has 0 saturated carbocycles. The molecule has 6 heteroatoms. The van der Waals surface area contributed by atoms with E-state index in [9.17, 15) is 9.59 Å². The van der Waals surface area contributed by atoms with E-state index >= 15 is 0 Å². The van der Waals surface area contributed by atoms with Crippen LogP contribution in [0.5, 0.6) is 5.75 Å². The van der Waals surface area contributed by atoms with Crippen LogP contribution in [0, 0.1) is 5.41 Å². The number of hydrogen-bond donors (Lipinski definition) is 2. The van der Waals surface area contributed by atoms with Crippen molar-refractivity contribution in [2.24, 2.45) is 5.41 Å².